The number of nitro groups is 1. The van der Waals surface area contributed by atoms with Gasteiger partial charge >= 0.3 is 0 Å². The van der Waals surface area contributed by atoms with Crippen LogP contribution >= 0.6 is 11.8 Å². The molecule has 156 valence electrons. The lowest BCUT2D eigenvalue weighted by atomic mass is 9.94. The van der Waals surface area contributed by atoms with Crippen molar-refractivity contribution in [1.82, 2.24) is 4.90 Å². The van der Waals surface area contributed by atoms with Gasteiger partial charge in [-0.2, -0.15) is 0 Å². The van der Waals surface area contributed by atoms with Crippen molar-refractivity contribution in [2.24, 2.45) is 4.99 Å². The molecular formula is C19H24N4O5S. The molecule has 2 N–H and O–H groups in total. The van der Waals surface area contributed by atoms with Crippen LogP contribution in [-0.2, 0) is 9.59 Å². The van der Waals surface area contributed by atoms with Gasteiger partial charge in [-0.1, -0.05) is 43.2 Å². The average Bonchev–Trinajstić information content (AvgIpc) is 3.02. The number of aliphatic hydroxyl groups excluding tert-OH is 1. The highest BCUT2D eigenvalue weighted by Gasteiger charge is 2.42. The molecule has 1 atom stereocenters. The van der Waals surface area contributed by atoms with Gasteiger partial charge in [0.15, 0.2) is 5.17 Å². The van der Waals surface area contributed by atoms with Crippen LogP contribution in [0.5, 0.6) is 0 Å². The third-order valence-electron chi connectivity index (χ3n) is 5.00. The van der Waals surface area contributed by atoms with E-state index < -0.39 is 16.1 Å². The number of carbonyl (C=O) groups excluding carboxylic acids is 2. The zero-order chi connectivity index (χ0) is 20.8. The molecular weight excluding hydrogens is 396 g/mol. The van der Waals surface area contributed by atoms with Crippen molar-refractivity contribution in [2.75, 3.05) is 18.5 Å². The zero-order valence-corrected chi connectivity index (χ0v) is 16.8. The Labute approximate surface area is 172 Å². The normalized spacial score (nSPS) is 21.6. The summed E-state index contributed by atoms with van der Waals surface area (Å²) in [4.78, 5) is 42.1. The van der Waals surface area contributed by atoms with E-state index in [9.17, 15) is 19.7 Å². The summed E-state index contributed by atoms with van der Waals surface area (Å²) in [6.45, 7) is 0.0908. The largest absolute Gasteiger partial charge is 0.394 e. The summed E-state index contributed by atoms with van der Waals surface area (Å²) in [5.41, 5.74) is -0.0865. The Morgan fingerprint density at radius 3 is 2.72 bits per heavy atom. The number of para-hydroxylation sites is 2. The molecule has 9 nitrogen and oxygen atoms in total. The highest BCUT2D eigenvalue weighted by molar-refractivity contribution is 8.15. The third-order valence-corrected chi connectivity index (χ3v) is 6.19. The van der Waals surface area contributed by atoms with E-state index in [0.717, 1.165) is 32.1 Å². The third kappa shape index (κ3) is 5.13. The van der Waals surface area contributed by atoms with Crippen LogP contribution in [0.15, 0.2) is 29.3 Å². The topological polar surface area (TPSA) is 125 Å². The molecule has 10 heteroatoms. The van der Waals surface area contributed by atoms with Crippen LogP contribution in [0, 0.1) is 10.1 Å². The molecule has 1 saturated heterocycles. The molecule has 1 aliphatic heterocycles. The van der Waals surface area contributed by atoms with E-state index in [-0.39, 0.29) is 42.9 Å². The van der Waals surface area contributed by atoms with Crippen molar-refractivity contribution >= 4 is 40.1 Å². The molecule has 3 rings (SSSR count). The summed E-state index contributed by atoms with van der Waals surface area (Å²) in [7, 11) is 0. The number of hydrogen-bond donors (Lipinski definition) is 2. The van der Waals surface area contributed by atoms with Gasteiger partial charge in [-0.3, -0.25) is 29.6 Å². The number of amidine groups is 1. The maximum absolute atomic E-state index is 13.0. The molecule has 1 heterocycles. The molecule has 2 aliphatic rings. The number of thioether (sulfide) groups is 1. The Bertz CT molecular complexity index is 810. The summed E-state index contributed by atoms with van der Waals surface area (Å²) in [6.07, 6.45) is 4.96. The van der Waals surface area contributed by atoms with Crippen LogP contribution in [-0.4, -0.2) is 56.4 Å². The van der Waals surface area contributed by atoms with Crippen molar-refractivity contribution < 1.29 is 19.6 Å². The lowest BCUT2D eigenvalue weighted by Gasteiger charge is -2.30. The minimum absolute atomic E-state index is 0.0736. The van der Waals surface area contributed by atoms with Gasteiger partial charge in [0, 0.05) is 18.5 Å². The molecule has 2 fully saturated rings. The molecule has 0 aromatic heterocycles. The van der Waals surface area contributed by atoms with Crippen LogP contribution in [0.1, 0.15) is 38.5 Å². The first-order valence-electron chi connectivity index (χ1n) is 9.69. The Balaban J connectivity index is 1.71. The maximum atomic E-state index is 13.0. The average molecular weight is 420 g/mol. The van der Waals surface area contributed by atoms with Gasteiger partial charge in [-0.15, -0.1) is 0 Å². The molecule has 0 radical (unpaired) electrons. The van der Waals surface area contributed by atoms with E-state index in [1.165, 1.54) is 30.0 Å². The molecule has 29 heavy (non-hydrogen) atoms. The Kier molecular flexibility index (Phi) is 7.21. The number of nitrogens with zero attached hydrogens (tertiary/aromatic N) is 3. The van der Waals surface area contributed by atoms with Crippen LogP contribution in [0.3, 0.4) is 0 Å². The zero-order valence-electron chi connectivity index (χ0n) is 16.0. The van der Waals surface area contributed by atoms with E-state index in [1.807, 2.05) is 0 Å². The van der Waals surface area contributed by atoms with Crippen molar-refractivity contribution in [3.8, 4) is 0 Å². The number of carbonyl (C=O) groups is 2. The Morgan fingerprint density at radius 2 is 2.03 bits per heavy atom. The molecule has 0 spiro atoms. The molecule has 1 saturated carbocycles. The molecule has 1 unspecified atom stereocenters. The predicted molar refractivity (Wildman–Crippen MR) is 111 cm³/mol. The highest BCUT2D eigenvalue weighted by Crippen LogP contribution is 2.35. The summed E-state index contributed by atoms with van der Waals surface area (Å²) in [6, 6.07) is 5.97. The number of benzene rings is 1. The first-order chi connectivity index (χ1) is 14.0. The number of aliphatic hydroxyl groups is 1. The fourth-order valence-corrected chi connectivity index (χ4v) is 4.88. The summed E-state index contributed by atoms with van der Waals surface area (Å²) in [5.74, 6) is -0.617. The predicted octanol–water partition coefficient (Wildman–Crippen LogP) is 2.55. The second-order valence-electron chi connectivity index (χ2n) is 7.02. The van der Waals surface area contributed by atoms with Crippen molar-refractivity contribution in [3.05, 3.63) is 34.4 Å². The van der Waals surface area contributed by atoms with E-state index in [4.69, 9.17) is 5.11 Å². The first kappa shape index (κ1) is 21.3. The van der Waals surface area contributed by atoms with E-state index in [2.05, 4.69) is 10.3 Å². The molecule has 1 aromatic carbocycles. The molecule has 2 amide bonds. The van der Waals surface area contributed by atoms with Gasteiger partial charge in [-0.25, -0.2) is 0 Å². The smallest absolute Gasteiger partial charge is 0.292 e. The van der Waals surface area contributed by atoms with Crippen molar-refractivity contribution in [1.29, 1.82) is 0 Å². The number of aliphatic imine (C=N–C) groups is 1. The van der Waals surface area contributed by atoms with Crippen LogP contribution in [0.4, 0.5) is 11.4 Å². The van der Waals surface area contributed by atoms with Gasteiger partial charge in [-0.05, 0) is 18.9 Å². The second kappa shape index (κ2) is 9.84. The monoisotopic (exact) mass is 420 g/mol. The summed E-state index contributed by atoms with van der Waals surface area (Å²) in [5, 5.41) is 22.7. The lowest BCUT2D eigenvalue weighted by molar-refractivity contribution is -0.383. The van der Waals surface area contributed by atoms with E-state index in [0.29, 0.717) is 5.17 Å². The lowest BCUT2D eigenvalue weighted by Crippen LogP contribution is -2.42. The number of hydrogen-bond acceptors (Lipinski definition) is 7. The first-order valence-corrected chi connectivity index (χ1v) is 10.6. The number of nitrogens with one attached hydrogen (secondary N) is 1. The quantitative estimate of drug-likeness (QED) is 0.516. The number of nitro benzene ring substituents is 1. The molecule has 0 bridgehead atoms. The number of anilines is 1. The Morgan fingerprint density at radius 1 is 1.31 bits per heavy atom. The minimum atomic E-state index is -0.628. The van der Waals surface area contributed by atoms with Gasteiger partial charge in [0.05, 0.1) is 18.1 Å². The fourth-order valence-electron chi connectivity index (χ4n) is 3.66. The second-order valence-corrected chi connectivity index (χ2v) is 8.19. The van der Waals surface area contributed by atoms with E-state index in [1.54, 1.807) is 11.0 Å². The van der Waals surface area contributed by atoms with Crippen LogP contribution < -0.4 is 5.32 Å². The number of rotatable bonds is 7. The van der Waals surface area contributed by atoms with Gasteiger partial charge in [0.25, 0.3) is 5.69 Å². The Hall–Kier alpha value is -2.46. The summed E-state index contributed by atoms with van der Waals surface area (Å²) < 4.78 is 0. The highest BCUT2D eigenvalue weighted by atomic mass is 32.2. The SMILES string of the molecule is O=C(CC1SC(=NCCO)N(C2CCCCC2)C1=O)Nc1ccccc1[N+](=O)[O-]. The van der Waals surface area contributed by atoms with Crippen LogP contribution in [0.25, 0.3) is 0 Å². The van der Waals surface area contributed by atoms with Gasteiger partial charge in [0.2, 0.25) is 11.8 Å². The minimum Gasteiger partial charge on any atom is -0.394 e. The molecule has 1 aliphatic carbocycles. The maximum Gasteiger partial charge on any atom is 0.292 e. The fraction of sp³-hybridized carbons (Fsp3) is 0.526. The van der Waals surface area contributed by atoms with Gasteiger partial charge in [0.1, 0.15) is 10.9 Å². The van der Waals surface area contributed by atoms with E-state index >= 15 is 0 Å². The van der Waals surface area contributed by atoms with Gasteiger partial charge < -0.3 is 10.4 Å². The molecule has 1 aromatic rings. The standard InChI is InChI=1S/C19H24N4O5S/c24-11-10-20-19-22(13-6-2-1-3-7-13)18(26)16(29-19)12-17(25)21-14-8-4-5-9-15(14)23(27)28/h4-5,8-9,13,16,24H,1-3,6-7,10-12H2,(H,21,25). The van der Waals surface area contributed by atoms with Crippen molar-refractivity contribution in [2.45, 2.75) is 49.8 Å². The summed E-state index contributed by atoms with van der Waals surface area (Å²) >= 11 is 1.23. The number of amides is 2. The van der Waals surface area contributed by atoms with Crippen molar-refractivity contribution in [3.63, 3.8) is 0 Å². The van der Waals surface area contributed by atoms with Crippen LogP contribution in [0.2, 0.25) is 0 Å².